The molecule has 1 saturated heterocycles. The van der Waals surface area contributed by atoms with E-state index in [2.05, 4.69) is 5.32 Å². The Balaban J connectivity index is 1.67. The van der Waals surface area contributed by atoms with Gasteiger partial charge in [-0.3, -0.25) is 0 Å². The average Bonchev–Trinajstić information content (AvgIpc) is 2.49. The van der Waals surface area contributed by atoms with Crippen molar-refractivity contribution in [2.24, 2.45) is 0 Å². The van der Waals surface area contributed by atoms with Crippen molar-refractivity contribution in [3.8, 4) is 0 Å². The highest BCUT2D eigenvalue weighted by atomic mass is 35.5. The van der Waals surface area contributed by atoms with Crippen LogP contribution in [0.3, 0.4) is 0 Å². The molecule has 4 nitrogen and oxygen atoms in total. The number of halogens is 1. The highest BCUT2D eigenvalue weighted by molar-refractivity contribution is 6.30. The van der Waals surface area contributed by atoms with E-state index in [1.807, 2.05) is 17.0 Å². The number of benzene rings is 1. The second kappa shape index (κ2) is 6.02. The molecule has 20 heavy (non-hydrogen) atoms. The number of fused-ring (bicyclic) bond motifs is 1. The lowest BCUT2D eigenvalue weighted by Gasteiger charge is -2.43. The molecule has 5 heteroatoms. The van der Waals surface area contributed by atoms with E-state index in [1.54, 1.807) is 12.1 Å². The van der Waals surface area contributed by atoms with Gasteiger partial charge in [0.05, 0.1) is 18.8 Å². The van der Waals surface area contributed by atoms with Crippen LogP contribution in [0.5, 0.6) is 0 Å². The van der Waals surface area contributed by atoms with E-state index in [0.717, 1.165) is 18.5 Å². The zero-order valence-electron chi connectivity index (χ0n) is 11.3. The molecule has 2 fully saturated rings. The van der Waals surface area contributed by atoms with Crippen LogP contribution in [0.25, 0.3) is 0 Å². The van der Waals surface area contributed by atoms with Crippen LogP contribution in [-0.2, 0) is 4.74 Å². The molecule has 108 valence electrons. The molecule has 1 saturated carbocycles. The first-order chi connectivity index (χ1) is 9.74. The van der Waals surface area contributed by atoms with Gasteiger partial charge in [0, 0.05) is 17.3 Å². The Morgan fingerprint density at radius 2 is 2.00 bits per heavy atom. The van der Waals surface area contributed by atoms with Crippen LogP contribution in [0.15, 0.2) is 24.3 Å². The molecule has 3 rings (SSSR count). The first kappa shape index (κ1) is 13.7. The number of carbonyl (C=O) groups is 1. The zero-order chi connectivity index (χ0) is 13.9. The first-order valence-corrected chi connectivity index (χ1v) is 7.56. The maximum absolute atomic E-state index is 12.4. The van der Waals surface area contributed by atoms with Gasteiger partial charge < -0.3 is 15.0 Å². The first-order valence-electron chi connectivity index (χ1n) is 7.19. The van der Waals surface area contributed by atoms with E-state index in [0.29, 0.717) is 18.2 Å². The summed E-state index contributed by atoms with van der Waals surface area (Å²) in [5.41, 5.74) is 0.776. The van der Waals surface area contributed by atoms with Crippen LogP contribution in [-0.4, -0.2) is 36.2 Å². The van der Waals surface area contributed by atoms with Gasteiger partial charge in [-0.1, -0.05) is 24.4 Å². The number of hydrogen-bond acceptors (Lipinski definition) is 2. The van der Waals surface area contributed by atoms with Crippen molar-refractivity contribution in [3.05, 3.63) is 29.3 Å². The summed E-state index contributed by atoms with van der Waals surface area (Å²) in [6.07, 6.45) is 4.70. The molecular formula is C15H19ClN2O2. The van der Waals surface area contributed by atoms with Crippen molar-refractivity contribution >= 4 is 23.3 Å². The Kier molecular flexibility index (Phi) is 4.13. The maximum atomic E-state index is 12.4. The Labute approximate surface area is 124 Å². The number of nitrogens with one attached hydrogen (secondary N) is 1. The number of anilines is 1. The van der Waals surface area contributed by atoms with Crippen molar-refractivity contribution < 1.29 is 9.53 Å². The summed E-state index contributed by atoms with van der Waals surface area (Å²) in [5.74, 6) is 0. The predicted molar refractivity (Wildman–Crippen MR) is 79.2 cm³/mol. The fourth-order valence-electron chi connectivity index (χ4n) is 3.08. The van der Waals surface area contributed by atoms with Crippen LogP contribution in [0.4, 0.5) is 10.5 Å². The second-order valence-electron chi connectivity index (χ2n) is 5.39. The molecule has 1 heterocycles. The molecule has 0 aromatic heterocycles. The number of amides is 2. The normalized spacial score (nSPS) is 25.9. The molecule has 0 bridgehead atoms. The monoisotopic (exact) mass is 294 g/mol. The highest BCUT2D eigenvalue weighted by Gasteiger charge is 2.36. The van der Waals surface area contributed by atoms with Gasteiger partial charge in [0.25, 0.3) is 0 Å². The van der Waals surface area contributed by atoms with Crippen LogP contribution in [0.2, 0.25) is 5.02 Å². The molecule has 1 N–H and O–H groups in total. The third kappa shape index (κ3) is 2.91. The van der Waals surface area contributed by atoms with Crippen LogP contribution < -0.4 is 5.32 Å². The summed E-state index contributed by atoms with van der Waals surface area (Å²) in [4.78, 5) is 14.4. The van der Waals surface area contributed by atoms with Crippen molar-refractivity contribution in [2.45, 2.75) is 37.8 Å². The Morgan fingerprint density at radius 1 is 1.25 bits per heavy atom. The molecule has 1 aliphatic heterocycles. The van der Waals surface area contributed by atoms with E-state index in [-0.39, 0.29) is 18.2 Å². The third-order valence-electron chi connectivity index (χ3n) is 4.09. The zero-order valence-corrected chi connectivity index (χ0v) is 12.1. The number of urea groups is 1. The Morgan fingerprint density at radius 3 is 2.80 bits per heavy atom. The summed E-state index contributed by atoms with van der Waals surface area (Å²) in [6.45, 7) is 1.30. The number of nitrogens with zero attached hydrogens (tertiary/aromatic N) is 1. The number of carbonyl (C=O) groups excluding carboxylic acids is 1. The van der Waals surface area contributed by atoms with Crippen LogP contribution in [0.1, 0.15) is 25.7 Å². The molecule has 1 aromatic carbocycles. The molecule has 1 aliphatic carbocycles. The van der Waals surface area contributed by atoms with E-state index in [4.69, 9.17) is 16.3 Å². The average molecular weight is 295 g/mol. The minimum atomic E-state index is -0.0347. The molecule has 2 aliphatic rings. The second-order valence-corrected chi connectivity index (χ2v) is 5.83. The number of morpholine rings is 1. The molecular weight excluding hydrogens is 276 g/mol. The summed E-state index contributed by atoms with van der Waals surface area (Å²) < 4.78 is 5.79. The van der Waals surface area contributed by atoms with E-state index < -0.39 is 0 Å². The third-order valence-corrected chi connectivity index (χ3v) is 4.34. The molecule has 2 unspecified atom stereocenters. The van der Waals surface area contributed by atoms with Gasteiger partial charge in [-0.25, -0.2) is 4.79 Å². The number of hydrogen-bond donors (Lipinski definition) is 1. The standard InChI is InChI=1S/C15H19ClN2O2/c16-11-5-7-12(8-6-11)17-15(19)18-9-10-20-14-4-2-1-3-13(14)18/h5-8,13-14H,1-4,9-10H2,(H,17,19). The Hall–Kier alpha value is -1.26. The quantitative estimate of drug-likeness (QED) is 0.861. The van der Waals surface area contributed by atoms with Gasteiger partial charge in [-0.2, -0.15) is 0 Å². The lowest BCUT2D eigenvalue weighted by Crippen LogP contribution is -2.55. The summed E-state index contributed by atoms with van der Waals surface area (Å²) in [6, 6.07) is 7.38. The highest BCUT2D eigenvalue weighted by Crippen LogP contribution is 2.29. The minimum Gasteiger partial charge on any atom is -0.374 e. The summed E-state index contributed by atoms with van der Waals surface area (Å²) in [7, 11) is 0. The van der Waals surface area contributed by atoms with Crippen LogP contribution in [0, 0.1) is 0 Å². The van der Waals surface area contributed by atoms with Crippen molar-refractivity contribution in [1.29, 1.82) is 0 Å². The lowest BCUT2D eigenvalue weighted by atomic mass is 9.90. The van der Waals surface area contributed by atoms with Gasteiger partial charge in [0.1, 0.15) is 0 Å². The van der Waals surface area contributed by atoms with E-state index >= 15 is 0 Å². The fourth-order valence-corrected chi connectivity index (χ4v) is 3.20. The van der Waals surface area contributed by atoms with Gasteiger partial charge in [-0.05, 0) is 37.1 Å². The summed E-state index contributed by atoms with van der Waals surface area (Å²) >= 11 is 5.85. The van der Waals surface area contributed by atoms with Crippen molar-refractivity contribution in [2.75, 3.05) is 18.5 Å². The minimum absolute atomic E-state index is 0.0347. The van der Waals surface area contributed by atoms with E-state index in [1.165, 1.54) is 12.8 Å². The van der Waals surface area contributed by atoms with Gasteiger partial charge in [-0.15, -0.1) is 0 Å². The topological polar surface area (TPSA) is 41.6 Å². The van der Waals surface area contributed by atoms with Gasteiger partial charge in [0.2, 0.25) is 0 Å². The smallest absolute Gasteiger partial charge is 0.322 e. The lowest BCUT2D eigenvalue weighted by molar-refractivity contribution is -0.0694. The number of ether oxygens (including phenoxy) is 1. The molecule has 2 atom stereocenters. The fraction of sp³-hybridized carbons (Fsp3) is 0.533. The van der Waals surface area contributed by atoms with Gasteiger partial charge >= 0.3 is 6.03 Å². The molecule has 2 amide bonds. The maximum Gasteiger partial charge on any atom is 0.322 e. The Bertz CT molecular complexity index is 475. The SMILES string of the molecule is O=C(Nc1ccc(Cl)cc1)N1CCOC2CCCCC21. The molecule has 0 radical (unpaired) electrons. The summed E-state index contributed by atoms with van der Waals surface area (Å²) in [5, 5.41) is 3.61. The molecule has 0 spiro atoms. The molecule has 1 aromatic rings. The van der Waals surface area contributed by atoms with Crippen molar-refractivity contribution in [1.82, 2.24) is 4.90 Å². The number of rotatable bonds is 1. The van der Waals surface area contributed by atoms with Crippen LogP contribution >= 0.6 is 11.6 Å². The van der Waals surface area contributed by atoms with E-state index in [9.17, 15) is 4.79 Å². The predicted octanol–water partition coefficient (Wildman–Crippen LogP) is 3.52. The van der Waals surface area contributed by atoms with Crippen molar-refractivity contribution in [3.63, 3.8) is 0 Å². The largest absolute Gasteiger partial charge is 0.374 e. The van der Waals surface area contributed by atoms with Gasteiger partial charge in [0.15, 0.2) is 0 Å².